The van der Waals surface area contributed by atoms with Crippen molar-refractivity contribution in [2.45, 2.75) is 32.7 Å². The van der Waals surface area contributed by atoms with E-state index in [1.165, 1.54) is 11.3 Å². The van der Waals surface area contributed by atoms with Crippen molar-refractivity contribution in [3.8, 4) is 0 Å². The molecule has 2 rings (SSSR count). The van der Waals surface area contributed by atoms with E-state index in [0.29, 0.717) is 5.69 Å². The number of hydrogen-bond acceptors (Lipinski definition) is 5. The Morgan fingerprint density at radius 2 is 2.20 bits per heavy atom. The van der Waals surface area contributed by atoms with E-state index in [1.54, 1.807) is 5.38 Å². The lowest BCUT2D eigenvalue weighted by atomic mass is 10.2. The van der Waals surface area contributed by atoms with Gasteiger partial charge in [-0.25, -0.2) is 23.2 Å². The van der Waals surface area contributed by atoms with Gasteiger partial charge in [-0.2, -0.15) is 0 Å². The van der Waals surface area contributed by atoms with Crippen LogP contribution in [0.3, 0.4) is 0 Å². The van der Waals surface area contributed by atoms with Crippen molar-refractivity contribution in [3.05, 3.63) is 27.5 Å². The SMILES string of the molecule is CC(C)c1nc(Cn2nnc(C(=O)O)c2C(F)F)cs1. The van der Waals surface area contributed by atoms with Crippen LogP contribution in [0.5, 0.6) is 0 Å². The Bertz CT molecular complexity index is 624. The third-order valence-corrected chi connectivity index (χ3v) is 3.75. The molecule has 20 heavy (non-hydrogen) atoms. The van der Waals surface area contributed by atoms with Crippen molar-refractivity contribution in [1.29, 1.82) is 0 Å². The summed E-state index contributed by atoms with van der Waals surface area (Å²) in [5.74, 6) is -1.28. The number of nitrogens with zero attached hydrogens (tertiary/aromatic N) is 4. The molecule has 0 spiro atoms. The molecule has 0 unspecified atom stereocenters. The van der Waals surface area contributed by atoms with Crippen LogP contribution in [0.2, 0.25) is 0 Å². The predicted octanol–water partition coefficient (Wildman–Crippen LogP) is 2.54. The van der Waals surface area contributed by atoms with Crippen molar-refractivity contribution >= 4 is 17.3 Å². The Kier molecular flexibility index (Phi) is 4.07. The minimum Gasteiger partial charge on any atom is -0.476 e. The Morgan fingerprint density at radius 1 is 1.50 bits per heavy atom. The van der Waals surface area contributed by atoms with Crippen LogP contribution in [-0.4, -0.2) is 31.1 Å². The molecule has 0 aliphatic carbocycles. The fourth-order valence-electron chi connectivity index (χ4n) is 1.62. The van der Waals surface area contributed by atoms with Crippen LogP contribution >= 0.6 is 11.3 Å². The van der Waals surface area contributed by atoms with E-state index < -0.39 is 23.8 Å². The second kappa shape index (κ2) is 5.61. The molecule has 0 bridgehead atoms. The number of hydrogen-bond donors (Lipinski definition) is 1. The first-order chi connectivity index (χ1) is 9.40. The lowest BCUT2D eigenvalue weighted by molar-refractivity contribution is 0.0675. The van der Waals surface area contributed by atoms with E-state index in [1.807, 2.05) is 13.8 Å². The van der Waals surface area contributed by atoms with Gasteiger partial charge in [0.2, 0.25) is 0 Å². The smallest absolute Gasteiger partial charge is 0.358 e. The van der Waals surface area contributed by atoms with Gasteiger partial charge in [-0.3, -0.25) is 0 Å². The number of aromatic nitrogens is 4. The number of halogens is 2. The Balaban J connectivity index is 2.31. The van der Waals surface area contributed by atoms with Crippen molar-refractivity contribution < 1.29 is 18.7 Å². The number of carbonyl (C=O) groups is 1. The summed E-state index contributed by atoms with van der Waals surface area (Å²) in [6, 6.07) is 0. The van der Waals surface area contributed by atoms with E-state index in [2.05, 4.69) is 15.3 Å². The quantitative estimate of drug-likeness (QED) is 0.918. The van der Waals surface area contributed by atoms with Crippen LogP contribution in [0.4, 0.5) is 8.78 Å². The molecule has 0 amide bonds. The molecule has 2 heterocycles. The first kappa shape index (κ1) is 14.5. The molecule has 2 aromatic rings. The Labute approximate surface area is 117 Å². The first-order valence-corrected chi connectivity index (χ1v) is 6.67. The fourth-order valence-corrected chi connectivity index (χ4v) is 2.45. The topological polar surface area (TPSA) is 80.9 Å². The van der Waals surface area contributed by atoms with Crippen LogP contribution in [0, 0.1) is 0 Å². The van der Waals surface area contributed by atoms with Crippen molar-refractivity contribution in [1.82, 2.24) is 20.0 Å². The molecule has 108 valence electrons. The van der Waals surface area contributed by atoms with Crippen LogP contribution < -0.4 is 0 Å². The molecular formula is C11H12F2N4O2S. The molecule has 0 aliphatic heterocycles. The van der Waals surface area contributed by atoms with E-state index in [0.717, 1.165) is 9.69 Å². The number of rotatable bonds is 5. The highest BCUT2D eigenvalue weighted by Crippen LogP contribution is 2.24. The normalized spacial score (nSPS) is 11.5. The minimum absolute atomic E-state index is 0.0246. The fraction of sp³-hybridized carbons (Fsp3) is 0.455. The Morgan fingerprint density at radius 3 is 2.70 bits per heavy atom. The lowest BCUT2D eigenvalue weighted by Crippen LogP contribution is -2.10. The number of thiazole rings is 1. The van der Waals surface area contributed by atoms with Crippen molar-refractivity contribution in [2.24, 2.45) is 0 Å². The zero-order valence-electron chi connectivity index (χ0n) is 10.7. The summed E-state index contributed by atoms with van der Waals surface area (Å²) < 4.78 is 26.8. The molecule has 9 heteroatoms. The number of carboxylic acid groups (broad SMARTS) is 1. The third-order valence-electron chi connectivity index (χ3n) is 2.56. The van der Waals surface area contributed by atoms with Gasteiger partial charge in [0.15, 0.2) is 5.69 Å². The molecule has 0 atom stereocenters. The summed E-state index contributed by atoms with van der Waals surface area (Å²) >= 11 is 1.43. The highest BCUT2D eigenvalue weighted by molar-refractivity contribution is 7.09. The summed E-state index contributed by atoms with van der Waals surface area (Å²) in [7, 11) is 0. The zero-order valence-corrected chi connectivity index (χ0v) is 11.6. The van der Waals surface area contributed by atoms with Crippen LogP contribution in [0.15, 0.2) is 5.38 Å². The van der Waals surface area contributed by atoms with Gasteiger partial charge in [0.25, 0.3) is 6.43 Å². The maximum Gasteiger partial charge on any atom is 0.358 e. The first-order valence-electron chi connectivity index (χ1n) is 5.79. The van der Waals surface area contributed by atoms with Gasteiger partial charge < -0.3 is 5.11 Å². The molecule has 1 N–H and O–H groups in total. The second-order valence-electron chi connectivity index (χ2n) is 4.42. The highest BCUT2D eigenvalue weighted by atomic mass is 32.1. The van der Waals surface area contributed by atoms with Gasteiger partial charge >= 0.3 is 5.97 Å². The van der Waals surface area contributed by atoms with E-state index >= 15 is 0 Å². The van der Waals surface area contributed by atoms with E-state index in [9.17, 15) is 13.6 Å². The monoisotopic (exact) mass is 302 g/mol. The van der Waals surface area contributed by atoms with Gasteiger partial charge in [-0.05, 0) is 0 Å². The molecule has 6 nitrogen and oxygen atoms in total. The molecule has 2 aromatic heterocycles. The molecular weight excluding hydrogens is 290 g/mol. The molecule has 0 saturated heterocycles. The molecule has 0 fully saturated rings. The summed E-state index contributed by atoms with van der Waals surface area (Å²) in [5, 5.41) is 18.2. The average molecular weight is 302 g/mol. The zero-order chi connectivity index (χ0) is 14.9. The lowest BCUT2D eigenvalue weighted by Gasteiger charge is -2.04. The van der Waals surface area contributed by atoms with Gasteiger partial charge in [-0.15, -0.1) is 16.4 Å². The highest BCUT2D eigenvalue weighted by Gasteiger charge is 2.26. The van der Waals surface area contributed by atoms with Gasteiger partial charge in [-0.1, -0.05) is 19.1 Å². The van der Waals surface area contributed by atoms with Gasteiger partial charge in [0.05, 0.1) is 17.2 Å². The van der Waals surface area contributed by atoms with Crippen LogP contribution in [-0.2, 0) is 6.54 Å². The largest absolute Gasteiger partial charge is 0.476 e. The number of carboxylic acids is 1. The molecule has 0 aliphatic rings. The summed E-state index contributed by atoms with van der Waals surface area (Å²) in [5.41, 5.74) is -0.863. The van der Waals surface area contributed by atoms with Gasteiger partial charge in [0, 0.05) is 11.3 Å². The van der Waals surface area contributed by atoms with Crippen LogP contribution in [0.1, 0.15) is 53.1 Å². The minimum atomic E-state index is -2.96. The summed E-state index contributed by atoms with van der Waals surface area (Å²) in [6.07, 6.45) is -2.96. The molecule has 0 aromatic carbocycles. The second-order valence-corrected chi connectivity index (χ2v) is 5.31. The maximum atomic E-state index is 12.9. The number of aromatic carboxylic acids is 1. The van der Waals surface area contributed by atoms with E-state index in [-0.39, 0.29) is 12.5 Å². The van der Waals surface area contributed by atoms with E-state index in [4.69, 9.17) is 5.11 Å². The maximum absolute atomic E-state index is 12.9. The predicted molar refractivity (Wildman–Crippen MR) is 67.2 cm³/mol. The standard InChI is InChI=1S/C11H12F2N4O2S/c1-5(2)10-14-6(4-20-10)3-17-8(9(12)13)7(11(18)19)15-16-17/h4-5,9H,3H2,1-2H3,(H,18,19). The Hall–Kier alpha value is -1.90. The average Bonchev–Trinajstić information content (AvgIpc) is 2.95. The van der Waals surface area contributed by atoms with Gasteiger partial charge in [0.1, 0.15) is 5.69 Å². The van der Waals surface area contributed by atoms with Crippen molar-refractivity contribution in [3.63, 3.8) is 0 Å². The van der Waals surface area contributed by atoms with Crippen LogP contribution in [0.25, 0.3) is 0 Å². The number of alkyl halides is 2. The third kappa shape index (κ3) is 2.82. The summed E-state index contributed by atoms with van der Waals surface area (Å²) in [6.45, 7) is 3.93. The summed E-state index contributed by atoms with van der Waals surface area (Å²) in [4.78, 5) is 15.1. The molecule has 0 radical (unpaired) electrons. The molecule has 0 saturated carbocycles. The van der Waals surface area contributed by atoms with Crippen molar-refractivity contribution in [2.75, 3.05) is 0 Å².